The highest BCUT2D eigenvalue weighted by Gasteiger charge is 2.55. The lowest BCUT2D eigenvalue weighted by Crippen LogP contribution is -2.19. The smallest absolute Gasteiger partial charge is 0.162 e. The van der Waals surface area contributed by atoms with Crippen LogP contribution in [0, 0.1) is 24.2 Å². The molecule has 3 rings (SSSR count). The second-order valence-corrected chi connectivity index (χ2v) is 6.38. The van der Waals surface area contributed by atoms with Crippen LogP contribution in [0.4, 0.5) is 0 Å². The normalized spacial score (nSPS) is 31.3. The molecular formula is C17H20O. The van der Waals surface area contributed by atoms with E-state index < -0.39 is 0 Å². The fourth-order valence-electron chi connectivity index (χ4n) is 3.73. The zero-order chi connectivity index (χ0) is 12.9. The summed E-state index contributed by atoms with van der Waals surface area (Å²) >= 11 is 0. The third-order valence-corrected chi connectivity index (χ3v) is 4.92. The first-order chi connectivity index (χ1) is 8.50. The number of ketones is 1. The highest BCUT2D eigenvalue weighted by molar-refractivity contribution is 6.05. The Kier molecular flexibility index (Phi) is 2.48. The maximum Gasteiger partial charge on any atom is 0.162 e. The molecule has 0 spiro atoms. The first-order valence-electron chi connectivity index (χ1n) is 6.82. The van der Waals surface area contributed by atoms with Crippen LogP contribution < -0.4 is 0 Å². The standard InChI is InChI=1S/C17H20O/c1-11-4-6-12(7-5-11)10-13-14-8-9-15(16(13)18)17(14,2)3/h4-7,10,14-15H,8-9H2,1-3H3/b13-10+. The number of rotatable bonds is 1. The molecule has 0 radical (unpaired) electrons. The highest BCUT2D eigenvalue weighted by atomic mass is 16.1. The van der Waals surface area contributed by atoms with Gasteiger partial charge in [0.2, 0.25) is 0 Å². The Morgan fingerprint density at radius 1 is 1.11 bits per heavy atom. The largest absolute Gasteiger partial charge is 0.294 e. The summed E-state index contributed by atoms with van der Waals surface area (Å²) in [6, 6.07) is 8.42. The summed E-state index contributed by atoms with van der Waals surface area (Å²) < 4.78 is 0. The Hall–Kier alpha value is -1.37. The minimum atomic E-state index is 0.174. The van der Waals surface area contributed by atoms with Crippen LogP contribution in [0.1, 0.15) is 37.8 Å². The van der Waals surface area contributed by atoms with Gasteiger partial charge in [0.15, 0.2) is 5.78 Å². The summed E-state index contributed by atoms with van der Waals surface area (Å²) in [6.45, 7) is 6.59. The van der Waals surface area contributed by atoms with Crippen molar-refractivity contribution in [2.45, 2.75) is 33.6 Å². The summed E-state index contributed by atoms with van der Waals surface area (Å²) in [5, 5.41) is 0. The van der Waals surface area contributed by atoms with Gasteiger partial charge in [0.25, 0.3) is 0 Å². The number of benzene rings is 1. The van der Waals surface area contributed by atoms with Crippen molar-refractivity contribution in [3.05, 3.63) is 41.0 Å². The van der Waals surface area contributed by atoms with Gasteiger partial charge in [-0.25, -0.2) is 0 Å². The minimum Gasteiger partial charge on any atom is -0.294 e. The molecule has 18 heavy (non-hydrogen) atoms. The molecule has 0 aliphatic heterocycles. The third-order valence-electron chi connectivity index (χ3n) is 4.92. The van der Waals surface area contributed by atoms with Crippen LogP contribution in [-0.4, -0.2) is 5.78 Å². The number of aryl methyl sites for hydroxylation is 1. The quantitative estimate of drug-likeness (QED) is 0.678. The van der Waals surface area contributed by atoms with E-state index in [-0.39, 0.29) is 11.3 Å². The average molecular weight is 240 g/mol. The SMILES string of the molecule is Cc1ccc(/C=C2/C(=O)C3CCC2C3(C)C)cc1. The van der Waals surface area contributed by atoms with E-state index in [0.717, 1.165) is 17.6 Å². The van der Waals surface area contributed by atoms with Crippen molar-refractivity contribution in [2.75, 3.05) is 0 Å². The zero-order valence-corrected chi connectivity index (χ0v) is 11.4. The molecule has 0 aromatic heterocycles. The lowest BCUT2D eigenvalue weighted by Gasteiger charge is -2.22. The Bertz CT molecular complexity index is 519. The van der Waals surface area contributed by atoms with E-state index in [9.17, 15) is 4.79 Å². The fourth-order valence-corrected chi connectivity index (χ4v) is 3.73. The van der Waals surface area contributed by atoms with Crippen LogP contribution >= 0.6 is 0 Å². The molecule has 1 nitrogen and oxygen atoms in total. The lowest BCUT2D eigenvalue weighted by atomic mass is 9.81. The maximum absolute atomic E-state index is 12.4. The van der Waals surface area contributed by atoms with Gasteiger partial charge in [0, 0.05) is 5.92 Å². The van der Waals surface area contributed by atoms with Crippen molar-refractivity contribution in [1.82, 2.24) is 0 Å². The summed E-state index contributed by atoms with van der Waals surface area (Å²) in [4.78, 5) is 12.4. The fraction of sp³-hybridized carbons (Fsp3) is 0.471. The highest BCUT2D eigenvalue weighted by Crippen LogP contribution is 2.58. The molecule has 2 atom stereocenters. The Morgan fingerprint density at radius 3 is 2.28 bits per heavy atom. The van der Waals surface area contributed by atoms with Gasteiger partial charge in [0.05, 0.1) is 0 Å². The molecular weight excluding hydrogens is 220 g/mol. The lowest BCUT2D eigenvalue weighted by molar-refractivity contribution is -0.119. The second kappa shape index (κ2) is 3.81. The monoisotopic (exact) mass is 240 g/mol. The predicted octanol–water partition coefficient (Wildman–Crippen LogP) is 4.01. The maximum atomic E-state index is 12.4. The van der Waals surface area contributed by atoms with Crippen molar-refractivity contribution < 1.29 is 4.79 Å². The van der Waals surface area contributed by atoms with E-state index in [1.54, 1.807) is 0 Å². The molecule has 2 aliphatic rings. The number of allylic oxidation sites excluding steroid dienone is 1. The van der Waals surface area contributed by atoms with E-state index in [4.69, 9.17) is 0 Å². The third kappa shape index (κ3) is 1.57. The van der Waals surface area contributed by atoms with Gasteiger partial charge < -0.3 is 0 Å². The Balaban J connectivity index is 1.99. The van der Waals surface area contributed by atoms with Crippen molar-refractivity contribution in [3.63, 3.8) is 0 Å². The number of carbonyl (C=O) groups excluding carboxylic acids is 1. The van der Waals surface area contributed by atoms with Crippen LogP contribution in [0.25, 0.3) is 6.08 Å². The Morgan fingerprint density at radius 2 is 1.72 bits per heavy atom. The molecule has 1 heteroatoms. The van der Waals surface area contributed by atoms with Crippen LogP contribution in [-0.2, 0) is 4.79 Å². The molecule has 94 valence electrons. The molecule has 1 aromatic carbocycles. The molecule has 1 aromatic rings. The summed E-state index contributed by atoms with van der Waals surface area (Å²) in [7, 11) is 0. The number of hydrogen-bond acceptors (Lipinski definition) is 1. The second-order valence-electron chi connectivity index (χ2n) is 6.38. The van der Waals surface area contributed by atoms with Gasteiger partial charge in [-0.3, -0.25) is 4.79 Å². The van der Waals surface area contributed by atoms with Crippen molar-refractivity contribution in [3.8, 4) is 0 Å². The van der Waals surface area contributed by atoms with E-state index in [0.29, 0.717) is 11.7 Å². The van der Waals surface area contributed by atoms with Gasteiger partial charge in [-0.15, -0.1) is 0 Å². The predicted molar refractivity (Wildman–Crippen MR) is 74.2 cm³/mol. The Labute approximate surface area is 109 Å². The molecule has 0 N–H and O–H groups in total. The molecule has 2 saturated carbocycles. The molecule has 2 fully saturated rings. The van der Waals surface area contributed by atoms with E-state index >= 15 is 0 Å². The van der Waals surface area contributed by atoms with Crippen molar-refractivity contribution in [2.24, 2.45) is 17.3 Å². The number of Topliss-reactive ketones (excluding diaryl/α,β-unsaturated/α-hetero) is 1. The topological polar surface area (TPSA) is 17.1 Å². The molecule has 2 bridgehead atoms. The first kappa shape index (κ1) is 11.7. The number of carbonyl (C=O) groups is 1. The van der Waals surface area contributed by atoms with Crippen molar-refractivity contribution >= 4 is 11.9 Å². The molecule has 2 aliphatic carbocycles. The van der Waals surface area contributed by atoms with E-state index in [2.05, 4.69) is 51.1 Å². The van der Waals surface area contributed by atoms with Gasteiger partial charge in [-0.05, 0) is 48.3 Å². The molecule has 2 unspecified atom stereocenters. The first-order valence-corrected chi connectivity index (χ1v) is 6.82. The minimum absolute atomic E-state index is 0.174. The van der Waals surface area contributed by atoms with Gasteiger partial charge in [0.1, 0.15) is 0 Å². The number of fused-ring (bicyclic) bond motifs is 2. The van der Waals surface area contributed by atoms with E-state index in [1.165, 1.54) is 12.0 Å². The average Bonchev–Trinajstić information content (AvgIpc) is 2.71. The molecule has 0 heterocycles. The van der Waals surface area contributed by atoms with E-state index in [1.807, 2.05) is 0 Å². The zero-order valence-electron chi connectivity index (χ0n) is 11.4. The number of hydrogen-bond donors (Lipinski definition) is 0. The van der Waals surface area contributed by atoms with Crippen LogP contribution in [0.5, 0.6) is 0 Å². The van der Waals surface area contributed by atoms with Gasteiger partial charge in [-0.2, -0.15) is 0 Å². The van der Waals surface area contributed by atoms with Crippen LogP contribution in [0.15, 0.2) is 29.8 Å². The van der Waals surface area contributed by atoms with Gasteiger partial charge >= 0.3 is 0 Å². The summed E-state index contributed by atoms with van der Waals surface area (Å²) in [5.41, 5.74) is 3.66. The summed E-state index contributed by atoms with van der Waals surface area (Å²) in [5.74, 6) is 1.13. The molecule has 0 saturated heterocycles. The molecule has 0 amide bonds. The van der Waals surface area contributed by atoms with Gasteiger partial charge in [-0.1, -0.05) is 43.7 Å². The van der Waals surface area contributed by atoms with Crippen LogP contribution in [0.2, 0.25) is 0 Å². The van der Waals surface area contributed by atoms with Crippen LogP contribution in [0.3, 0.4) is 0 Å². The van der Waals surface area contributed by atoms with Crippen molar-refractivity contribution in [1.29, 1.82) is 0 Å². The summed E-state index contributed by atoms with van der Waals surface area (Å²) in [6.07, 6.45) is 4.39.